The van der Waals surface area contributed by atoms with Gasteiger partial charge in [0.2, 0.25) is 0 Å². The molecule has 0 saturated heterocycles. The molecule has 96 valence electrons. The molecule has 2 aromatic rings. The molecule has 0 bridgehead atoms. The summed E-state index contributed by atoms with van der Waals surface area (Å²) in [7, 11) is 0. The third-order valence-corrected chi connectivity index (χ3v) is 4.01. The molecule has 0 N–H and O–H groups in total. The summed E-state index contributed by atoms with van der Waals surface area (Å²) >= 11 is 3.39. The number of hydrogen-bond donors (Lipinski definition) is 0. The van der Waals surface area contributed by atoms with Crippen molar-refractivity contribution in [3.05, 3.63) is 65.2 Å². The Morgan fingerprint density at radius 1 is 1.16 bits per heavy atom. The van der Waals surface area contributed by atoms with Gasteiger partial charge < -0.3 is 4.74 Å². The maximum absolute atomic E-state index is 11.8. The average Bonchev–Trinajstić information content (AvgIpc) is 2.73. The van der Waals surface area contributed by atoms with Crippen molar-refractivity contribution in [2.45, 2.75) is 17.9 Å². The molecule has 2 aromatic carbocycles. The number of fused-ring (bicyclic) bond motifs is 1. The van der Waals surface area contributed by atoms with E-state index in [1.807, 2.05) is 48.5 Å². The minimum absolute atomic E-state index is 0.0770. The van der Waals surface area contributed by atoms with Crippen LogP contribution < -0.4 is 4.74 Å². The monoisotopic (exact) mass is 316 g/mol. The third-order valence-electron chi connectivity index (χ3n) is 3.27. The highest BCUT2D eigenvalue weighted by atomic mass is 79.9. The van der Waals surface area contributed by atoms with Gasteiger partial charge in [-0.15, -0.1) is 0 Å². The van der Waals surface area contributed by atoms with E-state index >= 15 is 0 Å². The van der Waals surface area contributed by atoms with E-state index in [2.05, 4.69) is 15.9 Å². The summed E-state index contributed by atoms with van der Waals surface area (Å²) < 4.78 is 5.76. The zero-order chi connectivity index (χ0) is 13.2. The van der Waals surface area contributed by atoms with Crippen LogP contribution in [0.2, 0.25) is 0 Å². The summed E-state index contributed by atoms with van der Waals surface area (Å²) in [4.78, 5) is 11.7. The smallest absolute Gasteiger partial charge is 0.177 e. The molecule has 0 amide bonds. The lowest BCUT2D eigenvalue weighted by Crippen LogP contribution is -2.05. The molecule has 0 aliphatic heterocycles. The van der Waals surface area contributed by atoms with E-state index < -0.39 is 0 Å². The maximum atomic E-state index is 11.8. The number of benzene rings is 2. The number of hydrogen-bond acceptors (Lipinski definition) is 2. The first-order valence-electron chi connectivity index (χ1n) is 6.22. The van der Waals surface area contributed by atoms with Crippen molar-refractivity contribution >= 4 is 21.7 Å². The van der Waals surface area contributed by atoms with Crippen molar-refractivity contribution in [2.75, 3.05) is 0 Å². The van der Waals surface area contributed by atoms with Crippen molar-refractivity contribution in [1.82, 2.24) is 0 Å². The third kappa shape index (κ3) is 2.56. The van der Waals surface area contributed by atoms with Crippen LogP contribution >= 0.6 is 15.9 Å². The molecule has 3 heteroatoms. The van der Waals surface area contributed by atoms with Crippen LogP contribution in [0.5, 0.6) is 5.75 Å². The standard InChI is InChI=1S/C16H13BrO2/c17-15-9-12-8-13(6-7-14(12)16(15)18)19-10-11-4-2-1-3-5-11/h1-8,15H,9-10H2. The first kappa shape index (κ1) is 12.4. The SMILES string of the molecule is O=C1c2ccc(OCc3ccccc3)cc2CC1Br. The molecular weight excluding hydrogens is 304 g/mol. The highest BCUT2D eigenvalue weighted by Gasteiger charge is 2.28. The number of alkyl halides is 1. The van der Waals surface area contributed by atoms with Gasteiger partial charge in [0.15, 0.2) is 5.78 Å². The first-order valence-corrected chi connectivity index (χ1v) is 7.13. The van der Waals surface area contributed by atoms with Gasteiger partial charge in [0.25, 0.3) is 0 Å². The van der Waals surface area contributed by atoms with Gasteiger partial charge >= 0.3 is 0 Å². The summed E-state index contributed by atoms with van der Waals surface area (Å²) in [5.41, 5.74) is 3.02. The van der Waals surface area contributed by atoms with Crippen LogP contribution in [0.1, 0.15) is 21.5 Å². The quantitative estimate of drug-likeness (QED) is 0.806. The molecule has 1 unspecified atom stereocenters. The van der Waals surface area contributed by atoms with Gasteiger partial charge in [-0.2, -0.15) is 0 Å². The Morgan fingerprint density at radius 2 is 1.95 bits per heavy atom. The van der Waals surface area contributed by atoms with E-state index in [1.165, 1.54) is 0 Å². The Labute approximate surface area is 120 Å². The predicted octanol–water partition coefficient (Wildman–Crippen LogP) is 3.77. The van der Waals surface area contributed by atoms with Crippen LogP contribution in [-0.2, 0) is 13.0 Å². The number of ketones is 1. The number of halogens is 1. The lowest BCUT2D eigenvalue weighted by atomic mass is 10.1. The van der Waals surface area contributed by atoms with Gasteiger partial charge in [0.05, 0.1) is 4.83 Å². The van der Waals surface area contributed by atoms with Crippen LogP contribution in [-0.4, -0.2) is 10.6 Å². The number of carbonyl (C=O) groups is 1. The fourth-order valence-electron chi connectivity index (χ4n) is 2.26. The molecule has 19 heavy (non-hydrogen) atoms. The van der Waals surface area contributed by atoms with Crippen LogP contribution in [0.3, 0.4) is 0 Å². The Morgan fingerprint density at radius 3 is 2.74 bits per heavy atom. The second-order valence-corrected chi connectivity index (χ2v) is 5.73. The molecule has 0 heterocycles. The maximum Gasteiger partial charge on any atom is 0.177 e. The van der Waals surface area contributed by atoms with E-state index in [9.17, 15) is 4.79 Å². The normalized spacial score (nSPS) is 17.3. The Hall–Kier alpha value is -1.61. The minimum Gasteiger partial charge on any atom is -0.489 e. The van der Waals surface area contributed by atoms with E-state index in [0.717, 1.165) is 28.9 Å². The number of ether oxygens (including phenoxy) is 1. The Bertz CT molecular complexity index is 607. The molecule has 3 rings (SSSR count). The first-order chi connectivity index (χ1) is 9.24. The Kier molecular flexibility index (Phi) is 3.38. The number of rotatable bonds is 3. The summed E-state index contributed by atoms with van der Waals surface area (Å²) in [5, 5.41) is 0. The lowest BCUT2D eigenvalue weighted by Gasteiger charge is -2.07. The highest BCUT2D eigenvalue weighted by Crippen LogP contribution is 2.30. The van der Waals surface area contributed by atoms with Crippen molar-refractivity contribution in [1.29, 1.82) is 0 Å². The van der Waals surface area contributed by atoms with Gasteiger partial charge in [0, 0.05) is 5.56 Å². The second kappa shape index (κ2) is 5.17. The van der Waals surface area contributed by atoms with Crippen molar-refractivity contribution in [3.63, 3.8) is 0 Å². The number of Topliss-reactive ketones (excluding diaryl/α,β-unsaturated/α-hetero) is 1. The molecule has 0 fully saturated rings. The molecule has 0 aromatic heterocycles. The fourth-order valence-corrected chi connectivity index (χ4v) is 2.86. The van der Waals surface area contributed by atoms with Gasteiger partial charge in [-0.3, -0.25) is 4.79 Å². The van der Waals surface area contributed by atoms with Gasteiger partial charge in [-0.05, 0) is 35.7 Å². The molecule has 1 aliphatic carbocycles. The van der Waals surface area contributed by atoms with Crippen molar-refractivity contribution in [3.8, 4) is 5.75 Å². The van der Waals surface area contributed by atoms with Crippen LogP contribution in [0.15, 0.2) is 48.5 Å². The van der Waals surface area contributed by atoms with Gasteiger partial charge in [-0.25, -0.2) is 0 Å². The zero-order valence-corrected chi connectivity index (χ0v) is 11.9. The highest BCUT2D eigenvalue weighted by molar-refractivity contribution is 9.10. The molecule has 1 atom stereocenters. The lowest BCUT2D eigenvalue weighted by molar-refractivity contribution is 0.100. The molecule has 0 spiro atoms. The summed E-state index contributed by atoms with van der Waals surface area (Å²) in [5.74, 6) is 0.988. The molecule has 0 saturated carbocycles. The second-order valence-electron chi connectivity index (χ2n) is 4.63. The Balaban J connectivity index is 1.74. The molecule has 0 radical (unpaired) electrons. The van der Waals surface area contributed by atoms with E-state index in [1.54, 1.807) is 0 Å². The number of carbonyl (C=O) groups excluding carboxylic acids is 1. The van der Waals surface area contributed by atoms with Crippen LogP contribution in [0.4, 0.5) is 0 Å². The largest absolute Gasteiger partial charge is 0.489 e. The summed E-state index contributed by atoms with van der Waals surface area (Å²) in [6.45, 7) is 0.547. The summed E-state index contributed by atoms with van der Waals surface area (Å²) in [6.07, 6.45) is 0.747. The van der Waals surface area contributed by atoms with E-state index in [0.29, 0.717) is 6.61 Å². The zero-order valence-electron chi connectivity index (χ0n) is 10.3. The molecule has 2 nitrogen and oxygen atoms in total. The molecule has 1 aliphatic rings. The predicted molar refractivity (Wildman–Crippen MR) is 78.0 cm³/mol. The van der Waals surface area contributed by atoms with E-state index in [4.69, 9.17) is 4.74 Å². The van der Waals surface area contributed by atoms with Crippen molar-refractivity contribution < 1.29 is 9.53 Å². The summed E-state index contributed by atoms with van der Waals surface area (Å²) in [6, 6.07) is 15.7. The molecular formula is C16H13BrO2. The van der Waals surface area contributed by atoms with Gasteiger partial charge in [-0.1, -0.05) is 46.3 Å². The minimum atomic E-state index is -0.0770. The fraction of sp³-hybridized carbons (Fsp3) is 0.188. The van der Waals surface area contributed by atoms with Crippen molar-refractivity contribution in [2.24, 2.45) is 0 Å². The van der Waals surface area contributed by atoms with Gasteiger partial charge in [0.1, 0.15) is 12.4 Å². The van der Waals surface area contributed by atoms with Crippen LogP contribution in [0, 0.1) is 0 Å². The topological polar surface area (TPSA) is 26.3 Å². The van der Waals surface area contributed by atoms with Crippen LogP contribution in [0.25, 0.3) is 0 Å². The van der Waals surface area contributed by atoms with E-state index in [-0.39, 0.29) is 10.6 Å². The average molecular weight is 317 g/mol.